The molecule has 4 nitrogen and oxygen atoms in total. The minimum atomic E-state index is -0.0190. The number of nitrogens with one attached hydrogen (secondary N) is 1. The second-order valence-corrected chi connectivity index (χ2v) is 7.44. The molecule has 3 aromatic rings. The SMILES string of the molecule is CCOc1ccc(SCC(=O)Nc2ccc3nc(C)sc3c2)cc1. The number of ether oxygens (including phenoxy) is 1. The Morgan fingerprint density at radius 3 is 2.79 bits per heavy atom. The van der Waals surface area contributed by atoms with E-state index in [0.717, 1.165) is 31.6 Å². The van der Waals surface area contributed by atoms with Gasteiger partial charge in [-0.15, -0.1) is 23.1 Å². The van der Waals surface area contributed by atoms with E-state index in [9.17, 15) is 4.79 Å². The van der Waals surface area contributed by atoms with Crippen molar-refractivity contribution in [3.8, 4) is 5.75 Å². The normalized spacial score (nSPS) is 10.8. The van der Waals surface area contributed by atoms with E-state index >= 15 is 0 Å². The van der Waals surface area contributed by atoms with Crippen LogP contribution >= 0.6 is 23.1 Å². The molecule has 6 heteroatoms. The van der Waals surface area contributed by atoms with Crippen LogP contribution in [0, 0.1) is 6.92 Å². The minimum Gasteiger partial charge on any atom is -0.494 e. The van der Waals surface area contributed by atoms with Crippen LogP contribution in [0.25, 0.3) is 10.2 Å². The van der Waals surface area contributed by atoms with Crippen molar-refractivity contribution in [3.63, 3.8) is 0 Å². The molecule has 0 bridgehead atoms. The zero-order valence-electron chi connectivity index (χ0n) is 13.5. The van der Waals surface area contributed by atoms with Gasteiger partial charge in [0.2, 0.25) is 5.91 Å². The van der Waals surface area contributed by atoms with Gasteiger partial charge < -0.3 is 10.1 Å². The molecule has 3 rings (SSSR count). The number of aryl methyl sites for hydroxylation is 1. The molecule has 0 aliphatic rings. The molecule has 0 aliphatic heterocycles. The highest BCUT2D eigenvalue weighted by Gasteiger charge is 2.06. The number of carbonyl (C=O) groups excluding carboxylic acids is 1. The zero-order valence-corrected chi connectivity index (χ0v) is 15.2. The maximum atomic E-state index is 12.1. The third-order valence-corrected chi connectivity index (χ3v) is 5.23. The number of thioether (sulfide) groups is 1. The molecule has 1 amide bonds. The predicted octanol–water partition coefficient (Wildman–Crippen LogP) is 4.73. The average Bonchev–Trinajstić information content (AvgIpc) is 2.94. The lowest BCUT2D eigenvalue weighted by atomic mass is 10.3. The summed E-state index contributed by atoms with van der Waals surface area (Å²) in [6.45, 7) is 4.59. The number of thiazole rings is 1. The lowest BCUT2D eigenvalue weighted by molar-refractivity contribution is -0.113. The Morgan fingerprint density at radius 2 is 2.04 bits per heavy atom. The molecule has 0 saturated heterocycles. The Kier molecular flexibility index (Phi) is 5.37. The molecular formula is C18H18N2O2S2. The van der Waals surface area contributed by atoms with Crippen molar-refractivity contribution < 1.29 is 9.53 Å². The monoisotopic (exact) mass is 358 g/mol. The van der Waals surface area contributed by atoms with E-state index in [1.807, 2.05) is 56.3 Å². The number of nitrogens with zero attached hydrogens (tertiary/aromatic N) is 1. The summed E-state index contributed by atoms with van der Waals surface area (Å²) in [7, 11) is 0. The van der Waals surface area contributed by atoms with Gasteiger partial charge >= 0.3 is 0 Å². The maximum Gasteiger partial charge on any atom is 0.234 e. The summed E-state index contributed by atoms with van der Waals surface area (Å²) in [6, 6.07) is 13.6. The number of carbonyl (C=O) groups is 1. The second-order valence-electron chi connectivity index (χ2n) is 5.16. The van der Waals surface area contributed by atoms with Gasteiger partial charge in [0.1, 0.15) is 5.75 Å². The van der Waals surface area contributed by atoms with E-state index in [1.165, 1.54) is 11.8 Å². The first kappa shape index (κ1) is 16.8. The van der Waals surface area contributed by atoms with Gasteiger partial charge in [0.15, 0.2) is 0 Å². The summed E-state index contributed by atoms with van der Waals surface area (Å²) in [5, 5.41) is 3.97. The summed E-state index contributed by atoms with van der Waals surface area (Å²) in [6.07, 6.45) is 0. The number of fused-ring (bicyclic) bond motifs is 1. The van der Waals surface area contributed by atoms with Crippen molar-refractivity contribution in [2.75, 3.05) is 17.7 Å². The molecule has 0 spiro atoms. The topological polar surface area (TPSA) is 51.2 Å². The first-order valence-electron chi connectivity index (χ1n) is 7.67. The van der Waals surface area contributed by atoms with Crippen molar-refractivity contribution in [3.05, 3.63) is 47.5 Å². The van der Waals surface area contributed by atoms with E-state index < -0.39 is 0 Å². The van der Waals surface area contributed by atoms with Gasteiger partial charge in [-0.25, -0.2) is 4.98 Å². The Labute approximate surface area is 149 Å². The predicted molar refractivity (Wildman–Crippen MR) is 101 cm³/mol. The summed E-state index contributed by atoms with van der Waals surface area (Å²) in [5.41, 5.74) is 1.78. The summed E-state index contributed by atoms with van der Waals surface area (Å²) < 4.78 is 6.50. The second kappa shape index (κ2) is 7.68. The number of benzene rings is 2. The van der Waals surface area contributed by atoms with Crippen LogP contribution in [0.5, 0.6) is 5.75 Å². The molecule has 2 aromatic carbocycles. The summed E-state index contributed by atoms with van der Waals surface area (Å²) in [5.74, 6) is 1.20. The van der Waals surface area contributed by atoms with Crippen LogP contribution in [0.4, 0.5) is 5.69 Å². The fourth-order valence-electron chi connectivity index (χ4n) is 2.26. The number of amides is 1. The van der Waals surface area contributed by atoms with Crippen LogP contribution in [0.15, 0.2) is 47.4 Å². The molecule has 0 saturated carbocycles. The van der Waals surface area contributed by atoms with Gasteiger partial charge in [-0.3, -0.25) is 4.79 Å². The van der Waals surface area contributed by atoms with E-state index in [-0.39, 0.29) is 5.91 Å². The van der Waals surface area contributed by atoms with Crippen molar-refractivity contribution in [2.45, 2.75) is 18.7 Å². The average molecular weight is 358 g/mol. The number of anilines is 1. The van der Waals surface area contributed by atoms with Crippen LogP contribution in [0.1, 0.15) is 11.9 Å². The Hall–Kier alpha value is -2.05. The third-order valence-electron chi connectivity index (χ3n) is 3.28. The van der Waals surface area contributed by atoms with Gasteiger partial charge in [0.25, 0.3) is 0 Å². The van der Waals surface area contributed by atoms with E-state index in [4.69, 9.17) is 4.74 Å². The molecule has 0 atom stereocenters. The minimum absolute atomic E-state index is 0.0190. The summed E-state index contributed by atoms with van der Waals surface area (Å²) >= 11 is 3.13. The fourth-order valence-corrected chi connectivity index (χ4v) is 3.83. The lowest BCUT2D eigenvalue weighted by Gasteiger charge is -2.06. The zero-order chi connectivity index (χ0) is 16.9. The van der Waals surface area contributed by atoms with E-state index in [0.29, 0.717) is 12.4 Å². The van der Waals surface area contributed by atoms with Crippen LogP contribution in [-0.4, -0.2) is 23.3 Å². The molecule has 1 heterocycles. The number of aromatic nitrogens is 1. The van der Waals surface area contributed by atoms with Crippen LogP contribution in [0.2, 0.25) is 0 Å². The first-order valence-corrected chi connectivity index (χ1v) is 9.47. The van der Waals surface area contributed by atoms with Gasteiger partial charge in [0.05, 0.1) is 27.6 Å². The highest BCUT2D eigenvalue weighted by atomic mass is 32.2. The summed E-state index contributed by atoms with van der Waals surface area (Å²) in [4.78, 5) is 17.6. The molecular weight excluding hydrogens is 340 g/mol. The smallest absolute Gasteiger partial charge is 0.234 e. The highest BCUT2D eigenvalue weighted by Crippen LogP contribution is 2.25. The standard InChI is InChI=1S/C18H18N2O2S2/c1-3-22-14-5-7-15(8-6-14)23-11-18(21)20-13-4-9-16-17(10-13)24-12(2)19-16/h4-10H,3,11H2,1-2H3,(H,20,21). The van der Waals surface area contributed by atoms with Gasteiger partial charge in [0, 0.05) is 10.6 Å². The van der Waals surface area contributed by atoms with Crippen molar-refractivity contribution in [2.24, 2.45) is 0 Å². The first-order chi connectivity index (χ1) is 11.6. The maximum absolute atomic E-state index is 12.1. The molecule has 1 N–H and O–H groups in total. The quantitative estimate of drug-likeness (QED) is 0.647. The van der Waals surface area contributed by atoms with E-state index in [2.05, 4.69) is 10.3 Å². The van der Waals surface area contributed by atoms with Gasteiger partial charge in [-0.2, -0.15) is 0 Å². The largest absolute Gasteiger partial charge is 0.494 e. The lowest BCUT2D eigenvalue weighted by Crippen LogP contribution is -2.13. The number of rotatable bonds is 6. The van der Waals surface area contributed by atoms with Crippen molar-refractivity contribution in [1.29, 1.82) is 0 Å². The fraction of sp³-hybridized carbons (Fsp3) is 0.222. The Morgan fingerprint density at radius 1 is 1.25 bits per heavy atom. The third kappa shape index (κ3) is 4.27. The van der Waals surface area contributed by atoms with Crippen LogP contribution < -0.4 is 10.1 Å². The van der Waals surface area contributed by atoms with Gasteiger partial charge in [-0.05, 0) is 56.3 Å². The molecule has 0 unspecified atom stereocenters. The number of hydrogen-bond acceptors (Lipinski definition) is 5. The van der Waals surface area contributed by atoms with Gasteiger partial charge in [-0.1, -0.05) is 0 Å². The Balaban J connectivity index is 1.56. The Bertz CT molecular complexity index is 844. The molecule has 24 heavy (non-hydrogen) atoms. The molecule has 1 aromatic heterocycles. The molecule has 0 radical (unpaired) electrons. The van der Waals surface area contributed by atoms with Crippen LogP contribution in [0.3, 0.4) is 0 Å². The highest BCUT2D eigenvalue weighted by molar-refractivity contribution is 8.00. The van der Waals surface area contributed by atoms with Crippen LogP contribution in [-0.2, 0) is 4.79 Å². The van der Waals surface area contributed by atoms with Crippen molar-refractivity contribution in [1.82, 2.24) is 4.98 Å². The number of hydrogen-bond donors (Lipinski definition) is 1. The molecule has 0 aliphatic carbocycles. The molecule has 124 valence electrons. The molecule has 0 fully saturated rings. The van der Waals surface area contributed by atoms with Crippen molar-refractivity contribution >= 4 is 44.9 Å². The van der Waals surface area contributed by atoms with E-state index in [1.54, 1.807) is 11.3 Å².